The van der Waals surface area contributed by atoms with Crippen molar-refractivity contribution in [2.75, 3.05) is 13.2 Å². The molecule has 7 nitrogen and oxygen atoms in total. The number of benzene rings is 1. The summed E-state index contributed by atoms with van der Waals surface area (Å²) in [5.74, 6) is -2.60. The van der Waals surface area contributed by atoms with Gasteiger partial charge in [0.25, 0.3) is 5.79 Å². The average Bonchev–Trinajstić information content (AvgIpc) is 2.51. The minimum atomic E-state index is -1.27. The van der Waals surface area contributed by atoms with Crippen molar-refractivity contribution in [3.63, 3.8) is 0 Å². The highest BCUT2D eigenvalue weighted by Crippen LogP contribution is 2.25. The van der Waals surface area contributed by atoms with Crippen molar-refractivity contribution >= 4 is 24.0 Å². The first kappa shape index (κ1) is 18.5. The molecule has 0 radical (unpaired) electrons. The number of esters is 3. The summed E-state index contributed by atoms with van der Waals surface area (Å²) in [6.45, 7) is 5.19. The first-order chi connectivity index (χ1) is 11.8. The molecule has 0 saturated carbocycles. The van der Waals surface area contributed by atoms with E-state index in [1.165, 1.54) is 19.9 Å². The number of ether oxygens (including phenoxy) is 4. The first-order valence-corrected chi connectivity index (χ1v) is 7.87. The van der Waals surface area contributed by atoms with Crippen molar-refractivity contribution in [2.24, 2.45) is 0 Å². The predicted molar refractivity (Wildman–Crippen MR) is 87.4 cm³/mol. The zero-order chi connectivity index (χ0) is 18.4. The molecule has 134 valence electrons. The number of hydrogen-bond acceptors (Lipinski definition) is 7. The topological polar surface area (TPSA) is 88.1 Å². The fourth-order valence-corrected chi connectivity index (χ4v) is 2.12. The molecule has 1 aromatic carbocycles. The van der Waals surface area contributed by atoms with E-state index in [0.717, 1.165) is 0 Å². The van der Waals surface area contributed by atoms with E-state index in [1.54, 1.807) is 31.2 Å². The molecule has 0 aromatic heterocycles. The van der Waals surface area contributed by atoms with Gasteiger partial charge in [0.05, 0.1) is 19.6 Å². The summed E-state index contributed by atoms with van der Waals surface area (Å²) in [6, 6.07) is 6.74. The number of carbonyl (C=O) groups excluding carboxylic acids is 3. The van der Waals surface area contributed by atoms with Crippen molar-refractivity contribution in [2.45, 2.75) is 33.0 Å². The van der Waals surface area contributed by atoms with Crippen LogP contribution in [0.5, 0.6) is 5.75 Å². The van der Waals surface area contributed by atoms with E-state index in [1.807, 2.05) is 0 Å². The van der Waals surface area contributed by atoms with Crippen LogP contribution in [0, 0.1) is 0 Å². The van der Waals surface area contributed by atoms with Crippen LogP contribution in [0.3, 0.4) is 0 Å². The lowest BCUT2D eigenvalue weighted by atomic mass is 10.1. The van der Waals surface area contributed by atoms with Gasteiger partial charge in [-0.3, -0.25) is 4.79 Å². The van der Waals surface area contributed by atoms with Crippen LogP contribution in [0.4, 0.5) is 0 Å². The van der Waals surface area contributed by atoms with Gasteiger partial charge in [-0.15, -0.1) is 0 Å². The first-order valence-electron chi connectivity index (χ1n) is 7.87. The normalized spacial score (nSPS) is 15.9. The van der Waals surface area contributed by atoms with Gasteiger partial charge in [0.1, 0.15) is 11.3 Å². The summed E-state index contributed by atoms with van der Waals surface area (Å²) in [6.07, 6.45) is 1.50. The molecule has 0 atom stereocenters. The van der Waals surface area contributed by atoms with Gasteiger partial charge in [0.2, 0.25) is 0 Å². The van der Waals surface area contributed by atoms with Crippen molar-refractivity contribution in [3.05, 3.63) is 35.4 Å². The van der Waals surface area contributed by atoms with Crippen LogP contribution in [0.15, 0.2) is 29.8 Å². The van der Waals surface area contributed by atoms with Crippen LogP contribution in [0.1, 0.15) is 32.8 Å². The molecule has 0 N–H and O–H groups in total. The van der Waals surface area contributed by atoms with Crippen LogP contribution in [0.25, 0.3) is 6.08 Å². The molecule has 7 heteroatoms. The van der Waals surface area contributed by atoms with Gasteiger partial charge < -0.3 is 18.9 Å². The Hall–Kier alpha value is -2.83. The highest BCUT2D eigenvalue weighted by molar-refractivity contribution is 6.18. The summed E-state index contributed by atoms with van der Waals surface area (Å²) in [5, 5.41) is 0. The van der Waals surface area contributed by atoms with Crippen molar-refractivity contribution in [1.82, 2.24) is 0 Å². The fraction of sp³-hybridized carbons (Fsp3) is 0.389. The minimum Gasteiger partial charge on any atom is -0.493 e. The van der Waals surface area contributed by atoms with E-state index in [-0.39, 0.29) is 24.6 Å². The molecule has 1 fully saturated rings. The summed E-state index contributed by atoms with van der Waals surface area (Å²) in [4.78, 5) is 35.2. The molecule has 0 aliphatic carbocycles. The van der Waals surface area contributed by atoms with E-state index in [0.29, 0.717) is 17.9 Å². The summed E-state index contributed by atoms with van der Waals surface area (Å²) in [5.41, 5.74) is 0.375. The second-order valence-corrected chi connectivity index (χ2v) is 5.71. The fourth-order valence-electron chi connectivity index (χ4n) is 2.12. The van der Waals surface area contributed by atoms with Gasteiger partial charge in [0.15, 0.2) is 0 Å². The Morgan fingerprint density at radius 1 is 1.20 bits per heavy atom. The third-order valence-corrected chi connectivity index (χ3v) is 3.17. The zero-order valence-electron chi connectivity index (χ0n) is 14.4. The predicted octanol–water partition coefficient (Wildman–Crippen LogP) is 2.24. The maximum atomic E-state index is 11.9. The molecule has 25 heavy (non-hydrogen) atoms. The maximum Gasteiger partial charge on any atom is 0.348 e. The van der Waals surface area contributed by atoms with Crippen LogP contribution < -0.4 is 4.74 Å². The SMILES string of the molecule is CCOC(=O)CCOc1cccc(C=C2C(=O)OC(C)(C)OC2=O)c1. The second kappa shape index (κ2) is 7.83. The maximum absolute atomic E-state index is 11.9. The van der Waals surface area contributed by atoms with Crippen LogP contribution in [0.2, 0.25) is 0 Å². The van der Waals surface area contributed by atoms with Gasteiger partial charge >= 0.3 is 17.9 Å². The number of rotatable bonds is 6. The molecule has 0 amide bonds. The molecule has 1 aliphatic rings. The Morgan fingerprint density at radius 3 is 2.52 bits per heavy atom. The van der Waals surface area contributed by atoms with Crippen LogP contribution in [-0.2, 0) is 28.6 Å². The molecule has 2 rings (SSSR count). The van der Waals surface area contributed by atoms with Crippen LogP contribution in [-0.4, -0.2) is 36.9 Å². The Kier molecular flexibility index (Phi) is 5.80. The smallest absolute Gasteiger partial charge is 0.348 e. The lowest BCUT2D eigenvalue weighted by Crippen LogP contribution is -2.41. The average molecular weight is 348 g/mol. The highest BCUT2D eigenvalue weighted by Gasteiger charge is 2.38. The molecule has 1 aromatic rings. The third-order valence-electron chi connectivity index (χ3n) is 3.17. The lowest BCUT2D eigenvalue weighted by molar-refractivity contribution is -0.222. The van der Waals surface area contributed by atoms with Crippen molar-refractivity contribution < 1.29 is 33.3 Å². The van der Waals surface area contributed by atoms with Gasteiger partial charge in [-0.25, -0.2) is 9.59 Å². The Bertz CT molecular complexity index is 681. The Morgan fingerprint density at radius 2 is 1.88 bits per heavy atom. The third kappa shape index (κ3) is 5.34. The van der Waals surface area contributed by atoms with Gasteiger partial charge in [-0.1, -0.05) is 12.1 Å². The molecule has 1 saturated heterocycles. The summed E-state index contributed by atoms with van der Waals surface area (Å²) in [7, 11) is 0. The largest absolute Gasteiger partial charge is 0.493 e. The van der Waals surface area contributed by atoms with Gasteiger partial charge in [0, 0.05) is 13.8 Å². The molecule has 1 aliphatic heterocycles. The number of cyclic esters (lactones) is 2. The van der Waals surface area contributed by atoms with E-state index >= 15 is 0 Å². The summed E-state index contributed by atoms with van der Waals surface area (Å²) >= 11 is 0. The molecule has 0 bridgehead atoms. The number of carbonyl (C=O) groups is 3. The lowest BCUT2D eigenvalue weighted by Gasteiger charge is -2.29. The molecular formula is C18H20O7. The van der Waals surface area contributed by atoms with Crippen molar-refractivity contribution in [3.8, 4) is 5.75 Å². The molecule has 0 spiro atoms. The standard InChI is InChI=1S/C18H20O7/c1-4-22-15(19)8-9-23-13-7-5-6-12(10-13)11-14-16(20)24-18(2,3)25-17(14)21/h5-7,10-11H,4,8-9H2,1-3H3. The second-order valence-electron chi connectivity index (χ2n) is 5.71. The highest BCUT2D eigenvalue weighted by atomic mass is 16.7. The van der Waals surface area contributed by atoms with Gasteiger partial charge in [-0.05, 0) is 30.7 Å². The molecule has 1 heterocycles. The van der Waals surface area contributed by atoms with E-state index in [9.17, 15) is 14.4 Å². The van der Waals surface area contributed by atoms with Crippen molar-refractivity contribution in [1.29, 1.82) is 0 Å². The molecular weight excluding hydrogens is 328 g/mol. The Balaban J connectivity index is 2.05. The zero-order valence-corrected chi connectivity index (χ0v) is 14.4. The Labute approximate surface area is 145 Å². The minimum absolute atomic E-state index is 0.132. The number of hydrogen-bond donors (Lipinski definition) is 0. The monoisotopic (exact) mass is 348 g/mol. The van der Waals surface area contributed by atoms with Crippen LogP contribution >= 0.6 is 0 Å². The quantitative estimate of drug-likeness (QED) is 0.442. The van der Waals surface area contributed by atoms with E-state index in [4.69, 9.17) is 18.9 Å². The van der Waals surface area contributed by atoms with E-state index in [2.05, 4.69) is 0 Å². The van der Waals surface area contributed by atoms with Gasteiger partial charge in [-0.2, -0.15) is 0 Å². The summed E-state index contributed by atoms with van der Waals surface area (Å²) < 4.78 is 20.4. The van der Waals surface area contributed by atoms with E-state index < -0.39 is 17.7 Å². The molecule has 0 unspecified atom stereocenters.